The lowest BCUT2D eigenvalue weighted by Gasteiger charge is -1.92. The summed E-state index contributed by atoms with van der Waals surface area (Å²) in [4.78, 5) is 10.8. The zero-order chi connectivity index (χ0) is 8.27. The maximum absolute atomic E-state index is 10.8. The van der Waals surface area contributed by atoms with Crippen molar-refractivity contribution in [3.63, 3.8) is 0 Å². The van der Waals surface area contributed by atoms with Crippen molar-refractivity contribution >= 4 is 0 Å². The quantitative estimate of drug-likeness (QED) is 0.646. The standard InChI is InChI=1S/C8H8O3/c1-11-6-3-2-4-7(9)8(10)5-6/h2-5H,1H3,(H,9,10). The van der Waals surface area contributed by atoms with E-state index in [1.807, 2.05) is 0 Å². The Hall–Kier alpha value is -1.51. The largest absolute Gasteiger partial charge is 0.504 e. The summed E-state index contributed by atoms with van der Waals surface area (Å²) in [5.74, 6) is 0.163. The lowest BCUT2D eigenvalue weighted by atomic mass is 10.4. The Morgan fingerprint density at radius 3 is 2.82 bits per heavy atom. The Kier molecular flexibility index (Phi) is 2.11. The minimum absolute atomic E-state index is 0.299. The van der Waals surface area contributed by atoms with Crippen LogP contribution in [0.3, 0.4) is 0 Å². The molecule has 0 atom stereocenters. The molecule has 0 aliphatic heterocycles. The highest BCUT2D eigenvalue weighted by Gasteiger charge is 1.93. The zero-order valence-corrected chi connectivity index (χ0v) is 6.07. The van der Waals surface area contributed by atoms with Crippen LogP contribution in [0.15, 0.2) is 29.1 Å². The van der Waals surface area contributed by atoms with Crippen molar-refractivity contribution in [2.75, 3.05) is 7.11 Å². The van der Waals surface area contributed by atoms with Crippen LogP contribution in [0.2, 0.25) is 0 Å². The van der Waals surface area contributed by atoms with Gasteiger partial charge in [-0.05, 0) is 12.1 Å². The van der Waals surface area contributed by atoms with E-state index in [1.165, 1.54) is 25.3 Å². The van der Waals surface area contributed by atoms with Crippen LogP contribution in [0.1, 0.15) is 0 Å². The van der Waals surface area contributed by atoms with Crippen LogP contribution >= 0.6 is 0 Å². The van der Waals surface area contributed by atoms with Crippen molar-refractivity contribution in [1.82, 2.24) is 0 Å². The lowest BCUT2D eigenvalue weighted by Crippen LogP contribution is -1.91. The monoisotopic (exact) mass is 152 g/mol. The topological polar surface area (TPSA) is 46.5 Å². The van der Waals surface area contributed by atoms with Gasteiger partial charge in [-0.15, -0.1) is 0 Å². The first-order chi connectivity index (χ1) is 5.24. The third kappa shape index (κ3) is 1.70. The predicted molar refractivity (Wildman–Crippen MR) is 40.9 cm³/mol. The average molecular weight is 152 g/mol. The highest BCUT2D eigenvalue weighted by atomic mass is 16.5. The van der Waals surface area contributed by atoms with Crippen molar-refractivity contribution in [3.05, 3.63) is 34.5 Å². The molecular weight excluding hydrogens is 144 g/mol. The summed E-state index contributed by atoms with van der Waals surface area (Å²) in [6, 6.07) is 5.68. The first-order valence-corrected chi connectivity index (χ1v) is 3.11. The number of hydrogen-bond acceptors (Lipinski definition) is 3. The Labute approximate surface area is 63.9 Å². The van der Waals surface area contributed by atoms with E-state index in [0.717, 1.165) is 0 Å². The van der Waals surface area contributed by atoms with Gasteiger partial charge in [-0.25, -0.2) is 0 Å². The summed E-state index contributed by atoms with van der Waals surface area (Å²) in [5.41, 5.74) is -0.409. The molecular formula is C8H8O3. The van der Waals surface area contributed by atoms with E-state index in [4.69, 9.17) is 9.84 Å². The normalized spacial score (nSPS) is 9.18. The molecule has 1 aromatic rings. The van der Waals surface area contributed by atoms with Crippen LogP contribution in [-0.2, 0) is 0 Å². The first kappa shape index (κ1) is 7.60. The van der Waals surface area contributed by atoms with Gasteiger partial charge in [0.15, 0.2) is 5.75 Å². The lowest BCUT2D eigenvalue weighted by molar-refractivity contribution is 0.409. The summed E-state index contributed by atoms with van der Waals surface area (Å²) in [7, 11) is 1.47. The molecule has 0 aromatic heterocycles. The van der Waals surface area contributed by atoms with Gasteiger partial charge in [-0.1, -0.05) is 6.07 Å². The second-order valence-electron chi connectivity index (χ2n) is 2.03. The number of methoxy groups -OCH3 is 1. The molecule has 0 bridgehead atoms. The zero-order valence-electron chi connectivity index (χ0n) is 6.07. The molecule has 3 nitrogen and oxygen atoms in total. The van der Waals surface area contributed by atoms with Crippen LogP contribution in [-0.4, -0.2) is 12.2 Å². The van der Waals surface area contributed by atoms with Crippen molar-refractivity contribution < 1.29 is 9.84 Å². The number of aromatic hydroxyl groups is 1. The van der Waals surface area contributed by atoms with Crippen LogP contribution < -0.4 is 10.2 Å². The van der Waals surface area contributed by atoms with Gasteiger partial charge in [0.2, 0.25) is 5.43 Å². The van der Waals surface area contributed by atoms with Gasteiger partial charge >= 0.3 is 0 Å². The minimum Gasteiger partial charge on any atom is -0.504 e. The Morgan fingerprint density at radius 1 is 1.45 bits per heavy atom. The first-order valence-electron chi connectivity index (χ1n) is 3.11. The van der Waals surface area contributed by atoms with Crippen molar-refractivity contribution in [2.45, 2.75) is 0 Å². The third-order valence-corrected chi connectivity index (χ3v) is 1.28. The molecule has 0 radical (unpaired) electrons. The van der Waals surface area contributed by atoms with E-state index >= 15 is 0 Å². The van der Waals surface area contributed by atoms with E-state index in [0.29, 0.717) is 5.75 Å². The van der Waals surface area contributed by atoms with E-state index < -0.39 is 5.43 Å². The second kappa shape index (κ2) is 3.05. The van der Waals surface area contributed by atoms with Gasteiger partial charge < -0.3 is 9.84 Å². The number of hydrogen-bond donors (Lipinski definition) is 1. The molecule has 0 unspecified atom stereocenters. The summed E-state index contributed by atoms with van der Waals surface area (Å²) in [6.07, 6.45) is 0. The summed E-state index contributed by atoms with van der Waals surface area (Å²) in [6.45, 7) is 0. The number of ether oxygens (including phenoxy) is 1. The van der Waals surface area contributed by atoms with Crippen molar-refractivity contribution in [1.29, 1.82) is 0 Å². The van der Waals surface area contributed by atoms with Crippen molar-refractivity contribution in [2.24, 2.45) is 0 Å². The number of rotatable bonds is 1. The smallest absolute Gasteiger partial charge is 0.220 e. The van der Waals surface area contributed by atoms with Crippen LogP contribution in [0.4, 0.5) is 0 Å². The molecule has 0 saturated heterocycles. The molecule has 11 heavy (non-hydrogen) atoms. The Bertz CT molecular complexity index is 306. The fourth-order valence-corrected chi connectivity index (χ4v) is 0.697. The molecule has 0 spiro atoms. The molecule has 0 aliphatic rings. The predicted octanol–water partition coefficient (Wildman–Crippen LogP) is 0.761. The van der Waals surface area contributed by atoms with Gasteiger partial charge in [0.25, 0.3) is 0 Å². The Morgan fingerprint density at radius 2 is 2.18 bits per heavy atom. The fourth-order valence-electron chi connectivity index (χ4n) is 0.697. The summed E-state index contributed by atoms with van der Waals surface area (Å²) < 4.78 is 4.81. The van der Waals surface area contributed by atoms with E-state index in [1.54, 1.807) is 6.07 Å². The highest BCUT2D eigenvalue weighted by Crippen LogP contribution is 2.10. The molecule has 1 aromatic carbocycles. The summed E-state index contributed by atoms with van der Waals surface area (Å²) in [5, 5.41) is 9.00. The van der Waals surface area contributed by atoms with Crippen LogP contribution in [0.25, 0.3) is 0 Å². The molecule has 1 rings (SSSR count). The SMILES string of the molecule is COc1cccc(=O)c(O)c1. The molecule has 1 N–H and O–H groups in total. The Balaban J connectivity index is 3.32. The van der Waals surface area contributed by atoms with Gasteiger partial charge in [0.1, 0.15) is 5.75 Å². The maximum Gasteiger partial charge on any atom is 0.220 e. The second-order valence-corrected chi connectivity index (χ2v) is 2.03. The van der Waals surface area contributed by atoms with Gasteiger partial charge in [-0.2, -0.15) is 0 Å². The molecule has 58 valence electrons. The maximum atomic E-state index is 10.8. The van der Waals surface area contributed by atoms with E-state index in [2.05, 4.69) is 0 Å². The molecule has 0 aliphatic carbocycles. The molecule has 3 heteroatoms. The minimum atomic E-state index is -0.409. The average Bonchev–Trinajstić information content (AvgIpc) is 2.15. The molecule has 0 fully saturated rings. The summed E-state index contributed by atoms with van der Waals surface area (Å²) >= 11 is 0. The van der Waals surface area contributed by atoms with Crippen molar-refractivity contribution in [3.8, 4) is 11.5 Å². The molecule has 0 amide bonds. The third-order valence-electron chi connectivity index (χ3n) is 1.28. The van der Waals surface area contributed by atoms with E-state index in [-0.39, 0.29) is 5.75 Å². The van der Waals surface area contributed by atoms with Crippen LogP contribution in [0.5, 0.6) is 11.5 Å². The van der Waals surface area contributed by atoms with Crippen LogP contribution in [0, 0.1) is 0 Å². The fraction of sp³-hybridized carbons (Fsp3) is 0.125. The highest BCUT2D eigenvalue weighted by molar-refractivity contribution is 5.29. The van der Waals surface area contributed by atoms with E-state index in [9.17, 15) is 4.79 Å². The molecule has 0 heterocycles. The van der Waals surface area contributed by atoms with Gasteiger partial charge in [-0.3, -0.25) is 4.79 Å². The van der Waals surface area contributed by atoms with Gasteiger partial charge in [0, 0.05) is 6.07 Å². The molecule has 0 saturated carbocycles. The van der Waals surface area contributed by atoms with Gasteiger partial charge in [0.05, 0.1) is 7.11 Å².